The van der Waals surface area contributed by atoms with Crippen LogP contribution in [-0.4, -0.2) is 56.5 Å². The van der Waals surface area contributed by atoms with Crippen LogP contribution in [0.5, 0.6) is 0 Å². The Balaban J connectivity index is 2.56. The van der Waals surface area contributed by atoms with Crippen LogP contribution in [0.15, 0.2) is 15.8 Å². The fraction of sp³-hybridized carbons (Fsp3) is 0.571. The Bertz CT molecular complexity index is 717. The van der Waals surface area contributed by atoms with Gasteiger partial charge in [0, 0.05) is 13.3 Å². The van der Waals surface area contributed by atoms with E-state index in [0.29, 0.717) is 0 Å². The zero-order chi connectivity index (χ0) is 17.1. The van der Waals surface area contributed by atoms with Gasteiger partial charge in [0.1, 0.15) is 18.3 Å². The van der Waals surface area contributed by atoms with Crippen molar-refractivity contribution in [3.8, 4) is 12.3 Å². The van der Waals surface area contributed by atoms with Crippen molar-refractivity contribution in [1.29, 1.82) is 0 Å². The minimum Gasteiger partial charge on any atom is -0.394 e. The number of rotatable bonds is 5. The van der Waals surface area contributed by atoms with Crippen molar-refractivity contribution in [2.75, 3.05) is 13.7 Å². The molecule has 2 heterocycles. The molecule has 1 aromatic rings. The third-order valence-electron chi connectivity index (χ3n) is 3.72. The van der Waals surface area contributed by atoms with Gasteiger partial charge in [-0.05, 0) is 0 Å². The lowest BCUT2D eigenvalue weighted by Crippen LogP contribution is -2.44. The van der Waals surface area contributed by atoms with Crippen molar-refractivity contribution in [2.24, 2.45) is 0 Å². The smallest absolute Gasteiger partial charge is 0.334 e. The van der Waals surface area contributed by atoms with Crippen LogP contribution in [0.3, 0.4) is 0 Å². The molecule has 126 valence electrons. The molecule has 1 aliphatic heterocycles. The highest BCUT2D eigenvalue weighted by atomic mass is 16.6. The second kappa shape index (κ2) is 7.08. The Hall–Kier alpha value is -1.96. The third-order valence-corrected chi connectivity index (χ3v) is 3.72. The first kappa shape index (κ1) is 17.4. The van der Waals surface area contributed by atoms with Crippen molar-refractivity contribution in [2.45, 2.75) is 37.7 Å². The number of nitrogens with zero attached hydrogens (tertiary/aromatic N) is 2. The maximum absolute atomic E-state index is 12.4. The summed E-state index contributed by atoms with van der Waals surface area (Å²) in [5.74, 6) is 2.19. The topological polar surface area (TPSA) is 123 Å². The fourth-order valence-corrected chi connectivity index (χ4v) is 2.59. The van der Waals surface area contributed by atoms with Crippen LogP contribution in [0.25, 0.3) is 0 Å². The molecular weight excluding hydrogens is 308 g/mol. The van der Waals surface area contributed by atoms with Crippen LogP contribution in [-0.2, 0) is 22.6 Å². The molecule has 0 spiro atoms. The fourth-order valence-electron chi connectivity index (χ4n) is 2.59. The standard InChI is InChI=1S/C14H18N2O7/c1-3-4-15-12(20)8(6-17)5-16(14(15)21)13-10(19)11(22-2)9(7-18)23-13/h1,5,9-11,13,17-19H,4,6-7H2,2H3. The molecule has 0 bridgehead atoms. The van der Waals surface area contributed by atoms with Crippen molar-refractivity contribution in [3.05, 3.63) is 32.6 Å². The Morgan fingerprint density at radius 1 is 1.43 bits per heavy atom. The van der Waals surface area contributed by atoms with Gasteiger partial charge in [0.05, 0.1) is 25.3 Å². The van der Waals surface area contributed by atoms with E-state index in [1.54, 1.807) is 0 Å². The third kappa shape index (κ3) is 2.95. The molecule has 1 saturated heterocycles. The number of hydrogen-bond donors (Lipinski definition) is 3. The molecule has 9 heteroatoms. The van der Waals surface area contributed by atoms with Crippen molar-refractivity contribution in [1.82, 2.24) is 9.13 Å². The first-order valence-electron chi connectivity index (χ1n) is 6.86. The average molecular weight is 326 g/mol. The van der Waals surface area contributed by atoms with Crippen LogP contribution in [0.2, 0.25) is 0 Å². The molecule has 1 aliphatic rings. The van der Waals surface area contributed by atoms with Gasteiger partial charge in [-0.3, -0.25) is 9.36 Å². The minimum absolute atomic E-state index is 0.0722. The second-order valence-corrected chi connectivity index (χ2v) is 5.04. The molecule has 4 unspecified atom stereocenters. The van der Waals surface area contributed by atoms with E-state index < -0.39 is 49.0 Å². The molecule has 9 nitrogen and oxygen atoms in total. The van der Waals surface area contributed by atoms with E-state index in [1.807, 2.05) is 0 Å². The zero-order valence-corrected chi connectivity index (χ0v) is 12.5. The highest BCUT2D eigenvalue weighted by molar-refractivity contribution is 5.07. The largest absolute Gasteiger partial charge is 0.394 e. The van der Waals surface area contributed by atoms with Gasteiger partial charge in [0.15, 0.2) is 6.23 Å². The van der Waals surface area contributed by atoms with Gasteiger partial charge in [-0.25, -0.2) is 9.36 Å². The summed E-state index contributed by atoms with van der Waals surface area (Å²) in [5, 5.41) is 28.8. The van der Waals surface area contributed by atoms with Crippen LogP contribution in [0.1, 0.15) is 11.8 Å². The van der Waals surface area contributed by atoms with Gasteiger partial charge in [-0.1, -0.05) is 5.92 Å². The molecular formula is C14H18N2O7. The summed E-state index contributed by atoms with van der Waals surface area (Å²) in [4.78, 5) is 24.5. The highest BCUT2D eigenvalue weighted by Crippen LogP contribution is 2.29. The predicted molar refractivity (Wildman–Crippen MR) is 77.5 cm³/mol. The van der Waals surface area contributed by atoms with Crippen molar-refractivity contribution >= 4 is 0 Å². The SMILES string of the molecule is C#CCn1c(=O)c(CO)cn(C2OC(CO)C(OC)C2O)c1=O. The maximum atomic E-state index is 12.4. The van der Waals surface area contributed by atoms with Crippen LogP contribution < -0.4 is 11.2 Å². The average Bonchev–Trinajstić information content (AvgIpc) is 2.87. The monoisotopic (exact) mass is 326 g/mol. The number of aliphatic hydroxyl groups is 3. The molecule has 4 atom stereocenters. The lowest BCUT2D eigenvalue weighted by atomic mass is 10.1. The van der Waals surface area contributed by atoms with Gasteiger partial charge in [0.2, 0.25) is 0 Å². The zero-order valence-electron chi connectivity index (χ0n) is 12.5. The summed E-state index contributed by atoms with van der Waals surface area (Å²) in [6, 6.07) is 0. The Labute approximate surface area is 131 Å². The van der Waals surface area contributed by atoms with Crippen LogP contribution in [0, 0.1) is 12.3 Å². The van der Waals surface area contributed by atoms with Gasteiger partial charge in [0.25, 0.3) is 5.56 Å². The molecule has 0 radical (unpaired) electrons. The summed E-state index contributed by atoms with van der Waals surface area (Å²) in [6.45, 7) is -1.31. The number of ether oxygens (including phenoxy) is 2. The van der Waals surface area contributed by atoms with E-state index >= 15 is 0 Å². The van der Waals surface area contributed by atoms with Gasteiger partial charge in [-0.2, -0.15) is 0 Å². The first-order valence-corrected chi connectivity index (χ1v) is 6.86. The van der Waals surface area contributed by atoms with Gasteiger partial charge >= 0.3 is 5.69 Å². The van der Waals surface area contributed by atoms with Crippen molar-refractivity contribution < 1.29 is 24.8 Å². The minimum atomic E-state index is -1.25. The van der Waals surface area contributed by atoms with E-state index in [2.05, 4.69) is 5.92 Å². The summed E-state index contributed by atoms with van der Waals surface area (Å²) in [6.07, 6.45) is 2.15. The number of aliphatic hydroxyl groups excluding tert-OH is 3. The molecule has 0 amide bonds. The lowest BCUT2D eigenvalue weighted by molar-refractivity contribution is -0.0575. The normalized spacial score (nSPS) is 27.1. The van der Waals surface area contributed by atoms with Crippen LogP contribution in [0.4, 0.5) is 0 Å². The predicted octanol–water partition coefficient (Wildman–Crippen LogP) is -2.60. The maximum Gasteiger partial charge on any atom is 0.334 e. The lowest BCUT2D eigenvalue weighted by Gasteiger charge is -2.20. The number of aromatic nitrogens is 2. The molecule has 0 aromatic carbocycles. The number of terminal acetylenes is 1. The number of hydrogen-bond acceptors (Lipinski definition) is 7. The molecule has 2 rings (SSSR count). The molecule has 1 aromatic heterocycles. The van der Waals surface area contributed by atoms with Gasteiger partial charge in [-0.15, -0.1) is 6.42 Å². The quantitative estimate of drug-likeness (QED) is 0.507. The molecule has 0 aliphatic carbocycles. The molecule has 3 N–H and O–H groups in total. The Kier molecular flexibility index (Phi) is 5.35. The summed E-state index contributed by atoms with van der Waals surface area (Å²) < 4.78 is 12.3. The summed E-state index contributed by atoms with van der Waals surface area (Å²) in [7, 11) is 1.34. The van der Waals surface area contributed by atoms with Crippen molar-refractivity contribution in [3.63, 3.8) is 0 Å². The van der Waals surface area contributed by atoms with E-state index in [0.717, 1.165) is 15.3 Å². The number of methoxy groups -OCH3 is 1. The Morgan fingerprint density at radius 3 is 2.61 bits per heavy atom. The van der Waals surface area contributed by atoms with E-state index in [1.165, 1.54) is 7.11 Å². The highest BCUT2D eigenvalue weighted by Gasteiger charge is 2.45. The molecule has 1 fully saturated rings. The summed E-state index contributed by atoms with van der Waals surface area (Å²) >= 11 is 0. The van der Waals surface area contributed by atoms with Crippen LogP contribution >= 0.6 is 0 Å². The molecule has 0 saturated carbocycles. The van der Waals surface area contributed by atoms with E-state index in [9.17, 15) is 24.9 Å². The molecule has 23 heavy (non-hydrogen) atoms. The van der Waals surface area contributed by atoms with E-state index in [-0.39, 0.29) is 12.1 Å². The Morgan fingerprint density at radius 2 is 2.13 bits per heavy atom. The van der Waals surface area contributed by atoms with Gasteiger partial charge < -0.3 is 24.8 Å². The summed E-state index contributed by atoms with van der Waals surface area (Å²) in [5.41, 5.74) is -1.57. The van der Waals surface area contributed by atoms with E-state index in [4.69, 9.17) is 15.9 Å². The first-order chi connectivity index (χ1) is 11.0. The second-order valence-electron chi connectivity index (χ2n) is 5.04.